The third-order valence-electron chi connectivity index (χ3n) is 4.03. The molecular formula is C19H20O4. The highest BCUT2D eigenvalue weighted by Gasteiger charge is 2.29. The van der Waals surface area contributed by atoms with Crippen LogP contribution in [0.4, 0.5) is 0 Å². The highest BCUT2D eigenvalue weighted by molar-refractivity contribution is 5.71. The monoisotopic (exact) mass is 312 g/mol. The molecule has 120 valence electrons. The topological polar surface area (TPSA) is 74.6 Å². The molecule has 4 heteroatoms. The predicted octanol–water partition coefficient (Wildman–Crippen LogP) is 3.69. The van der Waals surface area contributed by atoms with E-state index in [1.807, 2.05) is 61.5 Å². The predicted molar refractivity (Wildman–Crippen MR) is 87.5 cm³/mol. The van der Waals surface area contributed by atoms with Crippen molar-refractivity contribution >= 4 is 11.9 Å². The maximum atomic E-state index is 11.3. The van der Waals surface area contributed by atoms with Crippen molar-refractivity contribution in [2.45, 2.75) is 25.7 Å². The number of benzene rings is 2. The number of hydrogen-bond acceptors (Lipinski definition) is 2. The minimum atomic E-state index is -0.981. The van der Waals surface area contributed by atoms with Gasteiger partial charge < -0.3 is 10.2 Å². The summed E-state index contributed by atoms with van der Waals surface area (Å²) in [5.41, 5.74) is 2.95. The highest BCUT2D eigenvalue weighted by Crippen LogP contribution is 2.37. The molecule has 0 heterocycles. The fourth-order valence-corrected chi connectivity index (χ4v) is 3.06. The van der Waals surface area contributed by atoms with Gasteiger partial charge in [-0.05, 0) is 29.5 Å². The zero-order valence-corrected chi connectivity index (χ0v) is 13.0. The number of rotatable bonds is 7. The molecule has 0 aliphatic carbocycles. The molecular weight excluding hydrogens is 292 g/mol. The average molecular weight is 312 g/mol. The van der Waals surface area contributed by atoms with Crippen LogP contribution in [0.3, 0.4) is 0 Å². The van der Waals surface area contributed by atoms with Crippen LogP contribution in [-0.2, 0) is 9.59 Å². The Labute approximate surface area is 135 Å². The number of aryl methyl sites for hydroxylation is 1. The van der Waals surface area contributed by atoms with Crippen LogP contribution in [0.25, 0.3) is 0 Å². The van der Waals surface area contributed by atoms with Crippen LogP contribution in [0, 0.1) is 12.8 Å². The zero-order valence-electron chi connectivity index (χ0n) is 13.0. The molecule has 0 saturated heterocycles. The van der Waals surface area contributed by atoms with Crippen LogP contribution in [-0.4, -0.2) is 22.2 Å². The zero-order chi connectivity index (χ0) is 16.8. The van der Waals surface area contributed by atoms with E-state index in [0.29, 0.717) is 0 Å². The summed E-state index contributed by atoms with van der Waals surface area (Å²) in [6, 6.07) is 17.2. The molecule has 23 heavy (non-hydrogen) atoms. The molecule has 2 rings (SSSR count). The van der Waals surface area contributed by atoms with Gasteiger partial charge in [0.25, 0.3) is 0 Å². The van der Waals surface area contributed by atoms with Crippen molar-refractivity contribution in [2.24, 2.45) is 5.92 Å². The van der Waals surface area contributed by atoms with E-state index in [2.05, 4.69) is 0 Å². The molecule has 2 N–H and O–H groups in total. The molecule has 2 aromatic carbocycles. The summed E-state index contributed by atoms with van der Waals surface area (Å²) in [5.74, 6) is -2.73. The van der Waals surface area contributed by atoms with Gasteiger partial charge in [-0.3, -0.25) is 9.59 Å². The second-order valence-corrected chi connectivity index (χ2v) is 5.70. The Morgan fingerprint density at radius 2 is 1.39 bits per heavy atom. The standard InChI is InChI=1S/C19H20O4/c1-13-7-5-6-10-16(13)19(14-8-3-2-4-9-14)15(11-17(20)21)12-18(22)23/h2-10,15,19H,11-12H2,1H3,(H,20,21)(H,22,23). The van der Waals surface area contributed by atoms with Crippen LogP contribution >= 0.6 is 0 Å². The molecule has 1 unspecified atom stereocenters. The summed E-state index contributed by atoms with van der Waals surface area (Å²) >= 11 is 0. The first kappa shape index (κ1) is 16.7. The van der Waals surface area contributed by atoms with Crippen molar-refractivity contribution in [3.05, 3.63) is 71.3 Å². The Kier molecular flexibility index (Phi) is 5.52. The van der Waals surface area contributed by atoms with E-state index in [1.54, 1.807) is 0 Å². The second kappa shape index (κ2) is 7.58. The third-order valence-corrected chi connectivity index (χ3v) is 4.03. The molecule has 4 nitrogen and oxygen atoms in total. The lowest BCUT2D eigenvalue weighted by Crippen LogP contribution is -2.22. The number of hydrogen-bond donors (Lipinski definition) is 2. The molecule has 0 amide bonds. The quantitative estimate of drug-likeness (QED) is 0.817. The molecule has 1 atom stereocenters. The van der Waals surface area contributed by atoms with Crippen LogP contribution < -0.4 is 0 Å². The normalized spacial score (nSPS) is 12.1. The van der Waals surface area contributed by atoms with Gasteiger partial charge in [0.1, 0.15) is 0 Å². The van der Waals surface area contributed by atoms with Gasteiger partial charge in [0.2, 0.25) is 0 Å². The van der Waals surface area contributed by atoms with Crippen LogP contribution in [0.1, 0.15) is 35.4 Å². The largest absolute Gasteiger partial charge is 0.481 e. The average Bonchev–Trinajstić information content (AvgIpc) is 2.49. The van der Waals surface area contributed by atoms with E-state index in [4.69, 9.17) is 0 Å². The molecule has 0 bridgehead atoms. The molecule has 0 fully saturated rings. The van der Waals surface area contributed by atoms with Crippen molar-refractivity contribution in [1.82, 2.24) is 0 Å². The van der Waals surface area contributed by atoms with Gasteiger partial charge in [-0.1, -0.05) is 54.6 Å². The number of aliphatic carboxylic acids is 2. The maximum Gasteiger partial charge on any atom is 0.303 e. The fourth-order valence-electron chi connectivity index (χ4n) is 3.06. The van der Waals surface area contributed by atoms with Gasteiger partial charge in [-0.15, -0.1) is 0 Å². The first-order chi connectivity index (χ1) is 11.0. The Balaban J connectivity index is 2.53. The van der Waals surface area contributed by atoms with E-state index in [1.165, 1.54) is 0 Å². The molecule has 0 aliphatic rings. The lowest BCUT2D eigenvalue weighted by atomic mass is 9.76. The van der Waals surface area contributed by atoms with Gasteiger partial charge >= 0.3 is 11.9 Å². The minimum Gasteiger partial charge on any atom is -0.481 e. The van der Waals surface area contributed by atoms with Crippen molar-refractivity contribution in [1.29, 1.82) is 0 Å². The van der Waals surface area contributed by atoms with E-state index >= 15 is 0 Å². The fraction of sp³-hybridized carbons (Fsp3) is 0.263. The SMILES string of the molecule is Cc1ccccc1C(c1ccccc1)C(CC(=O)O)CC(=O)O. The number of carboxylic acid groups (broad SMARTS) is 2. The van der Waals surface area contributed by atoms with Gasteiger partial charge in [0.15, 0.2) is 0 Å². The van der Waals surface area contributed by atoms with Gasteiger partial charge in [0.05, 0.1) is 0 Å². The Morgan fingerprint density at radius 3 is 1.91 bits per heavy atom. The first-order valence-electron chi connectivity index (χ1n) is 7.53. The smallest absolute Gasteiger partial charge is 0.303 e. The lowest BCUT2D eigenvalue weighted by Gasteiger charge is -2.27. The summed E-state index contributed by atoms with van der Waals surface area (Å²) in [7, 11) is 0. The van der Waals surface area contributed by atoms with Crippen LogP contribution in [0.5, 0.6) is 0 Å². The highest BCUT2D eigenvalue weighted by atomic mass is 16.4. The third kappa shape index (κ3) is 4.42. The second-order valence-electron chi connectivity index (χ2n) is 5.70. The van der Waals surface area contributed by atoms with Crippen LogP contribution in [0.15, 0.2) is 54.6 Å². The van der Waals surface area contributed by atoms with Gasteiger partial charge in [-0.2, -0.15) is 0 Å². The van der Waals surface area contributed by atoms with E-state index in [9.17, 15) is 19.8 Å². The van der Waals surface area contributed by atoms with Crippen molar-refractivity contribution in [2.75, 3.05) is 0 Å². The molecule has 0 radical (unpaired) electrons. The summed E-state index contributed by atoms with van der Waals surface area (Å²) in [4.78, 5) is 22.5. The summed E-state index contributed by atoms with van der Waals surface area (Å²) in [5, 5.41) is 18.4. The maximum absolute atomic E-state index is 11.3. The number of carbonyl (C=O) groups is 2. The Bertz CT molecular complexity index is 663. The summed E-state index contributed by atoms with van der Waals surface area (Å²) < 4.78 is 0. The Hall–Kier alpha value is -2.62. The molecule has 0 aliphatic heterocycles. The van der Waals surface area contributed by atoms with Gasteiger partial charge in [-0.25, -0.2) is 0 Å². The van der Waals surface area contributed by atoms with E-state index < -0.39 is 17.9 Å². The molecule has 2 aromatic rings. The Morgan fingerprint density at radius 1 is 0.870 bits per heavy atom. The number of carboxylic acids is 2. The van der Waals surface area contributed by atoms with Crippen molar-refractivity contribution in [3.8, 4) is 0 Å². The van der Waals surface area contributed by atoms with E-state index in [0.717, 1.165) is 16.7 Å². The van der Waals surface area contributed by atoms with Crippen molar-refractivity contribution in [3.63, 3.8) is 0 Å². The lowest BCUT2D eigenvalue weighted by molar-refractivity contribution is -0.140. The molecule has 0 spiro atoms. The summed E-state index contributed by atoms with van der Waals surface area (Å²) in [6.45, 7) is 1.96. The van der Waals surface area contributed by atoms with E-state index in [-0.39, 0.29) is 18.8 Å². The van der Waals surface area contributed by atoms with Gasteiger partial charge in [0, 0.05) is 18.8 Å². The van der Waals surface area contributed by atoms with Crippen molar-refractivity contribution < 1.29 is 19.8 Å². The molecule has 0 aromatic heterocycles. The summed E-state index contributed by atoms with van der Waals surface area (Å²) in [6.07, 6.45) is -0.361. The molecule has 0 saturated carbocycles. The minimum absolute atomic E-state index is 0.180. The first-order valence-corrected chi connectivity index (χ1v) is 7.53. The van der Waals surface area contributed by atoms with Crippen LogP contribution in [0.2, 0.25) is 0 Å².